The first-order valence-electron chi connectivity index (χ1n) is 4.86. The van der Waals surface area contributed by atoms with Crippen LogP contribution >= 0.6 is 0 Å². The van der Waals surface area contributed by atoms with E-state index >= 15 is 0 Å². The monoisotopic (exact) mass is 232 g/mol. The summed E-state index contributed by atoms with van der Waals surface area (Å²) in [6.45, 7) is 2.58. The summed E-state index contributed by atoms with van der Waals surface area (Å²) in [6, 6.07) is -1.01. The molecule has 1 unspecified atom stereocenters. The molecule has 2 amide bonds. The molecule has 0 aromatic carbocycles. The van der Waals surface area contributed by atoms with Gasteiger partial charge in [-0.2, -0.15) is 0 Å². The third-order valence-corrected chi connectivity index (χ3v) is 1.86. The van der Waals surface area contributed by atoms with Crippen LogP contribution in [-0.4, -0.2) is 46.7 Å². The number of carbonyl (C=O) groups excluding carboxylic acids is 2. The van der Waals surface area contributed by atoms with Gasteiger partial charge in [0.2, 0.25) is 11.8 Å². The molecule has 0 bridgehead atoms. The average molecular weight is 232 g/mol. The Labute approximate surface area is 92.8 Å². The molecule has 0 aliphatic heterocycles. The first-order chi connectivity index (χ1) is 7.38. The Morgan fingerprint density at radius 3 is 2.31 bits per heavy atom. The number of aliphatic hydroxyl groups is 1. The van der Waals surface area contributed by atoms with Crippen molar-refractivity contribution in [2.24, 2.45) is 0 Å². The van der Waals surface area contributed by atoms with Gasteiger partial charge in [0.1, 0.15) is 12.1 Å². The Hall–Kier alpha value is -1.63. The molecule has 0 aliphatic rings. The quantitative estimate of drug-likeness (QED) is 0.443. The zero-order chi connectivity index (χ0) is 12.7. The van der Waals surface area contributed by atoms with Crippen LogP contribution in [0.4, 0.5) is 0 Å². The van der Waals surface area contributed by atoms with Crippen molar-refractivity contribution in [2.45, 2.75) is 32.4 Å². The summed E-state index contributed by atoms with van der Waals surface area (Å²) >= 11 is 0. The summed E-state index contributed by atoms with van der Waals surface area (Å²) in [5.41, 5.74) is 0. The van der Waals surface area contributed by atoms with E-state index in [1.807, 2.05) is 0 Å². The fraction of sp³-hybridized carbons (Fsp3) is 0.667. The highest BCUT2D eigenvalue weighted by Gasteiger charge is 2.16. The lowest BCUT2D eigenvalue weighted by molar-refractivity contribution is -0.141. The minimum absolute atomic E-state index is 0.249. The zero-order valence-electron chi connectivity index (χ0n) is 9.19. The number of rotatable bonds is 6. The van der Waals surface area contributed by atoms with Gasteiger partial charge in [0.05, 0.1) is 6.54 Å². The molecule has 0 heterocycles. The third-order valence-electron chi connectivity index (χ3n) is 1.86. The third kappa shape index (κ3) is 5.30. The second kappa shape index (κ2) is 6.78. The van der Waals surface area contributed by atoms with Crippen LogP contribution in [0.5, 0.6) is 0 Å². The average Bonchev–Trinajstić information content (AvgIpc) is 2.24. The highest BCUT2D eigenvalue weighted by molar-refractivity contribution is 5.88. The van der Waals surface area contributed by atoms with E-state index in [-0.39, 0.29) is 13.0 Å². The Bertz CT molecular complexity index is 279. The van der Waals surface area contributed by atoms with E-state index in [0.29, 0.717) is 0 Å². The van der Waals surface area contributed by atoms with Crippen molar-refractivity contribution in [1.82, 2.24) is 10.6 Å². The maximum Gasteiger partial charge on any atom is 0.325 e. The number of carbonyl (C=O) groups is 3. The van der Waals surface area contributed by atoms with Crippen LogP contribution in [0.2, 0.25) is 0 Å². The van der Waals surface area contributed by atoms with Crippen molar-refractivity contribution < 1.29 is 24.6 Å². The number of carboxylic acids is 1. The van der Waals surface area contributed by atoms with Crippen molar-refractivity contribution in [3.63, 3.8) is 0 Å². The van der Waals surface area contributed by atoms with E-state index in [1.165, 1.54) is 6.92 Å². The number of carboxylic acid groups (broad SMARTS) is 1. The Kier molecular flexibility index (Phi) is 6.09. The van der Waals surface area contributed by atoms with Crippen molar-refractivity contribution in [1.29, 1.82) is 0 Å². The van der Waals surface area contributed by atoms with Crippen LogP contribution < -0.4 is 10.6 Å². The van der Waals surface area contributed by atoms with Gasteiger partial charge in [-0.1, -0.05) is 6.92 Å². The number of amides is 2. The minimum Gasteiger partial charge on any atom is -0.480 e. The molecule has 2 atom stereocenters. The molecule has 0 radical (unpaired) electrons. The van der Waals surface area contributed by atoms with Crippen molar-refractivity contribution in [2.75, 3.05) is 6.54 Å². The lowest BCUT2D eigenvalue weighted by Crippen LogP contribution is -2.45. The van der Waals surface area contributed by atoms with E-state index < -0.39 is 29.9 Å². The van der Waals surface area contributed by atoms with Crippen molar-refractivity contribution in [3.8, 4) is 0 Å². The number of hydrogen-bond acceptors (Lipinski definition) is 4. The summed E-state index contributed by atoms with van der Waals surface area (Å²) in [6.07, 6.45) is -0.899. The second-order valence-electron chi connectivity index (χ2n) is 3.27. The Morgan fingerprint density at radius 2 is 1.88 bits per heavy atom. The first-order valence-corrected chi connectivity index (χ1v) is 4.86. The number of hydrogen-bond donors (Lipinski definition) is 4. The Balaban J connectivity index is 3.90. The first kappa shape index (κ1) is 14.4. The molecule has 92 valence electrons. The van der Waals surface area contributed by atoms with Gasteiger partial charge in [0.25, 0.3) is 0 Å². The molecular weight excluding hydrogens is 216 g/mol. The fourth-order valence-electron chi connectivity index (χ4n) is 0.825. The second-order valence-corrected chi connectivity index (χ2v) is 3.27. The van der Waals surface area contributed by atoms with E-state index in [4.69, 9.17) is 10.2 Å². The molecule has 0 fully saturated rings. The van der Waals surface area contributed by atoms with Gasteiger partial charge in [-0.05, 0) is 13.3 Å². The normalized spacial score (nSPS) is 13.7. The number of aliphatic hydroxyl groups excluding tert-OH is 1. The maximum absolute atomic E-state index is 11.1. The van der Waals surface area contributed by atoms with Crippen LogP contribution in [0.1, 0.15) is 20.3 Å². The smallest absolute Gasteiger partial charge is 0.325 e. The SMILES string of the molecule is CCC(O)C(=O)NCC(=O)N[C@@H](C)C(=O)O. The molecule has 0 saturated carbocycles. The molecular formula is C9H16N2O5. The predicted octanol–water partition coefficient (Wildman–Crippen LogP) is -1.54. The van der Waals surface area contributed by atoms with Crippen molar-refractivity contribution in [3.05, 3.63) is 0 Å². The van der Waals surface area contributed by atoms with Gasteiger partial charge in [-0.25, -0.2) is 0 Å². The van der Waals surface area contributed by atoms with Crippen LogP contribution in [0.25, 0.3) is 0 Å². The Morgan fingerprint density at radius 1 is 1.31 bits per heavy atom. The van der Waals surface area contributed by atoms with E-state index in [1.54, 1.807) is 6.92 Å². The molecule has 0 aromatic rings. The van der Waals surface area contributed by atoms with Crippen LogP contribution in [0.15, 0.2) is 0 Å². The maximum atomic E-state index is 11.1. The van der Waals surface area contributed by atoms with Gasteiger partial charge in [0.15, 0.2) is 0 Å². The molecule has 0 rings (SSSR count). The molecule has 0 aliphatic carbocycles. The van der Waals surface area contributed by atoms with Crippen LogP contribution in [0.3, 0.4) is 0 Å². The van der Waals surface area contributed by atoms with E-state index in [2.05, 4.69) is 10.6 Å². The molecule has 7 nitrogen and oxygen atoms in total. The largest absolute Gasteiger partial charge is 0.480 e. The van der Waals surface area contributed by atoms with Gasteiger partial charge < -0.3 is 20.8 Å². The topological polar surface area (TPSA) is 116 Å². The zero-order valence-corrected chi connectivity index (χ0v) is 9.19. The highest BCUT2D eigenvalue weighted by atomic mass is 16.4. The standard InChI is InChI=1S/C9H16N2O5/c1-3-6(12)8(14)10-4-7(13)11-5(2)9(15)16/h5-6,12H,3-4H2,1-2H3,(H,10,14)(H,11,13)(H,15,16)/t5-,6?/m0/s1. The van der Waals surface area contributed by atoms with E-state index in [0.717, 1.165) is 0 Å². The molecule has 0 saturated heterocycles. The van der Waals surface area contributed by atoms with Crippen LogP contribution in [0, 0.1) is 0 Å². The predicted molar refractivity (Wildman–Crippen MR) is 54.5 cm³/mol. The van der Waals surface area contributed by atoms with Gasteiger partial charge >= 0.3 is 5.97 Å². The summed E-state index contributed by atoms with van der Waals surface area (Å²) in [5, 5.41) is 21.9. The molecule has 4 N–H and O–H groups in total. The van der Waals surface area contributed by atoms with Gasteiger partial charge in [0, 0.05) is 0 Å². The lowest BCUT2D eigenvalue weighted by atomic mass is 10.2. The fourth-order valence-corrected chi connectivity index (χ4v) is 0.825. The van der Waals surface area contributed by atoms with Gasteiger partial charge in [-0.3, -0.25) is 14.4 Å². The molecule has 7 heteroatoms. The van der Waals surface area contributed by atoms with Crippen LogP contribution in [-0.2, 0) is 14.4 Å². The highest BCUT2D eigenvalue weighted by Crippen LogP contribution is 1.88. The summed E-state index contributed by atoms with van der Waals surface area (Å²) < 4.78 is 0. The summed E-state index contributed by atoms with van der Waals surface area (Å²) in [7, 11) is 0. The number of nitrogens with one attached hydrogen (secondary N) is 2. The van der Waals surface area contributed by atoms with Crippen molar-refractivity contribution >= 4 is 17.8 Å². The number of aliphatic carboxylic acids is 1. The van der Waals surface area contributed by atoms with E-state index in [9.17, 15) is 14.4 Å². The lowest BCUT2D eigenvalue weighted by Gasteiger charge is -2.11. The minimum atomic E-state index is -1.16. The summed E-state index contributed by atoms with van der Waals surface area (Å²) in [5.74, 6) is -2.43. The molecule has 16 heavy (non-hydrogen) atoms. The molecule has 0 spiro atoms. The molecule has 0 aromatic heterocycles. The van der Waals surface area contributed by atoms with Gasteiger partial charge in [-0.15, -0.1) is 0 Å². The summed E-state index contributed by atoms with van der Waals surface area (Å²) in [4.78, 5) is 32.5.